The summed E-state index contributed by atoms with van der Waals surface area (Å²) in [5.74, 6) is 0.596. The molecule has 1 unspecified atom stereocenters. The molecule has 4 aromatic carbocycles. The number of phenolic OH excluding ortho intramolecular Hbond substituents is 1. The summed E-state index contributed by atoms with van der Waals surface area (Å²) in [5.41, 5.74) is 7.36. The number of imide groups is 1. The summed E-state index contributed by atoms with van der Waals surface area (Å²) >= 11 is 0. The normalized spacial score (nSPS) is 21.9. The highest BCUT2D eigenvalue weighted by atomic mass is 16.5. The number of piperazine rings is 1. The van der Waals surface area contributed by atoms with Crippen LogP contribution in [0.3, 0.4) is 0 Å². The van der Waals surface area contributed by atoms with E-state index in [9.17, 15) is 19.5 Å². The number of anilines is 1. The predicted molar refractivity (Wildman–Crippen MR) is 200 cm³/mol. The van der Waals surface area contributed by atoms with E-state index in [0.29, 0.717) is 47.9 Å². The van der Waals surface area contributed by atoms with Crippen LogP contribution in [0.15, 0.2) is 103 Å². The fraction of sp³-hybridized carbons (Fsp3) is 0.326. The van der Waals surface area contributed by atoms with Crippen LogP contribution in [0.1, 0.15) is 80.5 Å². The number of aryl methyl sites for hydroxylation is 1. The lowest BCUT2D eigenvalue weighted by Crippen LogP contribution is -2.51. The molecule has 2 saturated heterocycles. The molecule has 9 heteroatoms. The molecule has 4 aliphatic rings. The molecule has 0 bridgehead atoms. The first-order valence-electron chi connectivity index (χ1n) is 18.4. The molecule has 3 amide bonds. The molecule has 0 aromatic heterocycles. The van der Waals surface area contributed by atoms with Crippen LogP contribution in [0.5, 0.6) is 11.5 Å². The van der Waals surface area contributed by atoms with Gasteiger partial charge in [0.05, 0.1) is 17.7 Å². The van der Waals surface area contributed by atoms with Crippen molar-refractivity contribution in [1.82, 2.24) is 15.1 Å². The summed E-state index contributed by atoms with van der Waals surface area (Å²) in [6, 6.07) is 29.8. The number of aromatic hydroxyl groups is 1. The first-order chi connectivity index (χ1) is 25.3. The first-order valence-corrected chi connectivity index (χ1v) is 18.4. The number of ether oxygens (including phenoxy) is 1. The summed E-state index contributed by atoms with van der Waals surface area (Å²) in [6.45, 7) is 8.76. The van der Waals surface area contributed by atoms with Gasteiger partial charge in [0.2, 0.25) is 5.91 Å². The second kappa shape index (κ2) is 14.3. The summed E-state index contributed by atoms with van der Waals surface area (Å²) in [4.78, 5) is 44.8. The molecule has 2 N–H and O–H groups in total. The number of nitrogens with zero attached hydrogens (tertiary/aromatic N) is 3. The average molecular weight is 697 g/mol. The number of rotatable bonds is 9. The lowest BCUT2D eigenvalue weighted by atomic mass is 9.69. The molecule has 2 fully saturated rings. The molecule has 3 heterocycles. The maximum Gasteiger partial charge on any atom is 0.262 e. The standard InChI is InChI=1S/C43H44N4O5/c1-28-8-19-39(41(49)44-28)47-42(50)37-17-12-32(27-38(37)43(47)51)46-23-21-45(22-24-46)20-5-25-52-34-14-9-30(10-15-34)40-35(29-6-3-2-4-7-29)16-11-31-26-33(48)13-18-36(31)40/h2-4,6-7,9-10,12-15,17-18,26-27,35,39-40,48H,1,5,8,11,16,19-25H2,(H,44,49)/t35-,39?,40+/m0/s1. The Morgan fingerprint density at radius 1 is 0.788 bits per heavy atom. The number of hydrogen-bond donors (Lipinski definition) is 2. The van der Waals surface area contributed by atoms with E-state index in [2.05, 4.69) is 82.4 Å². The topological polar surface area (TPSA) is 102 Å². The van der Waals surface area contributed by atoms with Crippen molar-refractivity contribution in [2.75, 3.05) is 44.2 Å². The van der Waals surface area contributed by atoms with Gasteiger partial charge >= 0.3 is 0 Å². The monoisotopic (exact) mass is 696 g/mol. The molecule has 4 aromatic rings. The van der Waals surface area contributed by atoms with Gasteiger partial charge < -0.3 is 20.1 Å². The Kier molecular flexibility index (Phi) is 9.28. The predicted octanol–water partition coefficient (Wildman–Crippen LogP) is 6.23. The molecular weight excluding hydrogens is 652 g/mol. The van der Waals surface area contributed by atoms with E-state index < -0.39 is 17.9 Å². The number of phenols is 1. The van der Waals surface area contributed by atoms with E-state index >= 15 is 0 Å². The van der Waals surface area contributed by atoms with Gasteiger partial charge in [-0.1, -0.05) is 55.1 Å². The number of nitrogens with one attached hydrogen (secondary N) is 1. The second-order valence-electron chi connectivity index (χ2n) is 14.4. The van der Waals surface area contributed by atoms with Crippen LogP contribution >= 0.6 is 0 Å². The zero-order chi connectivity index (χ0) is 35.8. The SMILES string of the molecule is C=C1CCC(N2C(=O)c3ccc(N4CCN(CCCOc5ccc([C@H]6c7ccc(O)cc7CC[C@H]6c6ccccc6)cc5)CC4)cc3C2=O)C(=O)N1. The number of piperidine rings is 1. The third-order valence-electron chi connectivity index (χ3n) is 11.2. The maximum absolute atomic E-state index is 13.3. The molecular formula is C43H44N4O5. The van der Waals surface area contributed by atoms with Crippen molar-refractivity contribution in [2.24, 2.45) is 0 Å². The van der Waals surface area contributed by atoms with E-state index in [4.69, 9.17) is 4.74 Å². The van der Waals surface area contributed by atoms with E-state index in [0.717, 1.165) is 68.3 Å². The largest absolute Gasteiger partial charge is 0.508 e. The Morgan fingerprint density at radius 2 is 1.56 bits per heavy atom. The lowest BCUT2D eigenvalue weighted by molar-refractivity contribution is -0.125. The Morgan fingerprint density at radius 3 is 2.33 bits per heavy atom. The minimum Gasteiger partial charge on any atom is -0.508 e. The highest BCUT2D eigenvalue weighted by Crippen LogP contribution is 2.47. The van der Waals surface area contributed by atoms with E-state index in [1.165, 1.54) is 22.3 Å². The van der Waals surface area contributed by atoms with Crippen LogP contribution in [0.4, 0.5) is 5.69 Å². The van der Waals surface area contributed by atoms with E-state index in [1.807, 2.05) is 18.2 Å². The molecule has 0 spiro atoms. The highest BCUT2D eigenvalue weighted by molar-refractivity contribution is 6.23. The van der Waals surface area contributed by atoms with Gasteiger partial charge in [-0.3, -0.25) is 24.2 Å². The van der Waals surface area contributed by atoms with E-state index in [-0.39, 0.29) is 11.8 Å². The Labute approximate surface area is 304 Å². The molecule has 1 aliphatic carbocycles. The number of allylic oxidation sites excluding steroid dienone is 1. The Hall–Kier alpha value is -5.41. The van der Waals surface area contributed by atoms with Crippen LogP contribution in [-0.4, -0.2) is 78.0 Å². The number of carbonyl (C=O) groups is 3. The van der Waals surface area contributed by atoms with Crippen molar-refractivity contribution in [3.8, 4) is 11.5 Å². The number of fused-ring (bicyclic) bond motifs is 2. The minimum absolute atomic E-state index is 0.208. The first kappa shape index (κ1) is 33.7. The number of benzene rings is 4. The molecule has 0 saturated carbocycles. The second-order valence-corrected chi connectivity index (χ2v) is 14.4. The van der Waals surface area contributed by atoms with Gasteiger partial charge in [-0.05, 0) is 103 Å². The molecule has 3 aliphatic heterocycles. The summed E-state index contributed by atoms with van der Waals surface area (Å²) < 4.78 is 6.19. The number of hydrogen-bond acceptors (Lipinski definition) is 7. The third kappa shape index (κ3) is 6.57. The van der Waals surface area contributed by atoms with Gasteiger partial charge in [-0.15, -0.1) is 0 Å². The van der Waals surface area contributed by atoms with Crippen molar-refractivity contribution in [3.63, 3.8) is 0 Å². The minimum atomic E-state index is -0.808. The Bertz CT molecular complexity index is 2000. The molecule has 9 nitrogen and oxygen atoms in total. The van der Waals surface area contributed by atoms with Gasteiger partial charge in [0.25, 0.3) is 11.8 Å². The van der Waals surface area contributed by atoms with Crippen LogP contribution in [-0.2, 0) is 11.2 Å². The van der Waals surface area contributed by atoms with E-state index in [1.54, 1.807) is 12.1 Å². The van der Waals surface area contributed by atoms with Crippen molar-refractivity contribution in [3.05, 3.63) is 137 Å². The van der Waals surface area contributed by atoms with Crippen LogP contribution < -0.4 is 15.0 Å². The van der Waals surface area contributed by atoms with Gasteiger partial charge in [0.15, 0.2) is 0 Å². The average Bonchev–Trinajstić information content (AvgIpc) is 3.41. The maximum atomic E-state index is 13.3. The molecule has 52 heavy (non-hydrogen) atoms. The smallest absolute Gasteiger partial charge is 0.262 e. The quantitative estimate of drug-likeness (QED) is 0.158. The van der Waals surface area contributed by atoms with Crippen LogP contribution in [0, 0.1) is 0 Å². The van der Waals surface area contributed by atoms with Crippen molar-refractivity contribution in [2.45, 2.75) is 50.0 Å². The van der Waals surface area contributed by atoms with Gasteiger partial charge in [0, 0.05) is 50.0 Å². The lowest BCUT2D eigenvalue weighted by Gasteiger charge is -2.36. The van der Waals surface area contributed by atoms with Gasteiger partial charge in [-0.2, -0.15) is 0 Å². The number of carbonyl (C=O) groups excluding carboxylic acids is 3. The fourth-order valence-electron chi connectivity index (χ4n) is 8.49. The molecule has 266 valence electrons. The van der Waals surface area contributed by atoms with Crippen molar-refractivity contribution in [1.29, 1.82) is 0 Å². The Balaban J connectivity index is 0.833. The van der Waals surface area contributed by atoms with Crippen molar-refractivity contribution < 1.29 is 24.2 Å². The van der Waals surface area contributed by atoms with Gasteiger partial charge in [-0.25, -0.2) is 0 Å². The third-order valence-corrected chi connectivity index (χ3v) is 11.2. The van der Waals surface area contributed by atoms with Crippen LogP contribution in [0.25, 0.3) is 0 Å². The highest BCUT2D eigenvalue weighted by Gasteiger charge is 2.44. The van der Waals surface area contributed by atoms with Gasteiger partial charge in [0.1, 0.15) is 17.5 Å². The summed E-state index contributed by atoms with van der Waals surface area (Å²) in [6.07, 6.45) is 3.82. The zero-order valence-corrected chi connectivity index (χ0v) is 29.3. The molecule has 3 atom stereocenters. The molecule has 0 radical (unpaired) electrons. The summed E-state index contributed by atoms with van der Waals surface area (Å²) in [5, 5.41) is 12.8. The number of amides is 3. The zero-order valence-electron chi connectivity index (χ0n) is 29.3. The fourth-order valence-corrected chi connectivity index (χ4v) is 8.49. The molecule has 8 rings (SSSR count). The van der Waals surface area contributed by atoms with Crippen molar-refractivity contribution >= 4 is 23.4 Å². The van der Waals surface area contributed by atoms with Crippen LogP contribution in [0.2, 0.25) is 0 Å². The summed E-state index contributed by atoms with van der Waals surface area (Å²) in [7, 11) is 0.